The lowest BCUT2D eigenvalue weighted by Gasteiger charge is -2.23. The summed E-state index contributed by atoms with van der Waals surface area (Å²) in [7, 11) is 0. The van der Waals surface area contributed by atoms with Gasteiger partial charge in [0.1, 0.15) is 0 Å². The first-order valence-electron chi connectivity index (χ1n) is 5.88. The van der Waals surface area contributed by atoms with E-state index in [1.165, 1.54) is 11.1 Å². The van der Waals surface area contributed by atoms with Crippen LogP contribution in [0.3, 0.4) is 0 Å². The first kappa shape index (κ1) is 17.9. The van der Waals surface area contributed by atoms with Crippen molar-refractivity contribution in [1.82, 2.24) is 0 Å². The summed E-state index contributed by atoms with van der Waals surface area (Å²) in [4.78, 5) is 0. The molecule has 0 amide bonds. The van der Waals surface area contributed by atoms with Gasteiger partial charge >= 0.3 is 0 Å². The molecule has 19 heavy (non-hydrogen) atoms. The van der Waals surface area contributed by atoms with Gasteiger partial charge in [0.25, 0.3) is 0 Å². The molecule has 0 aliphatic rings. The molecule has 104 valence electrons. The highest BCUT2D eigenvalue weighted by atomic mass is 35.5. The molecule has 0 aliphatic carbocycles. The fourth-order valence-electron chi connectivity index (χ4n) is 2.14. The predicted molar refractivity (Wildman–Crippen MR) is 86.3 cm³/mol. The number of rotatable bonds is 4. The van der Waals surface area contributed by atoms with Crippen molar-refractivity contribution in [2.24, 2.45) is 11.5 Å². The molecule has 0 spiro atoms. The summed E-state index contributed by atoms with van der Waals surface area (Å²) in [5, 5.41) is 0. The molecule has 4 N–H and O–H groups in total. The molecule has 4 heteroatoms. The van der Waals surface area contributed by atoms with Crippen LogP contribution < -0.4 is 11.5 Å². The Balaban J connectivity index is 0.00000162. The van der Waals surface area contributed by atoms with Gasteiger partial charge in [-0.2, -0.15) is 0 Å². The van der Waals surface area contributed by atoms with Crippen LogP contribution in [0.4, 0.5) is 0 Å². The number of nitrogens with two attached hydrogens (primary N) is 2. The summed E-state index contributed by atoms with van der Waals surface area (Å²) in [6.45, 7) is 0.481. The Hall–Kier alpha value is -1.06. The summed E-state index contributed by atoms with van der Waals surface area (Å²) in [6, 6.07) is 20.5. The van der Waals surface area contributed by atoms with E-state index in [-0.39, 0.29) is 36.8 Å². The van der Waals surface area contributed by atoms with E-state index in [0.29, 0.717) is 6.54 Å². The lowest BCUT2D eigenvalue weighted by atomic mass is 9.85. The lowest BCUT2D eigenvalue weighted by Crippen LogP contribution is -2.36. The van der Waals surface area contributed by atoms with Gasteiger partial charge in [-0.15, -0.1) is 24.8 Å². The minimum Gasteiger partial charge on any atom is -0.329 e. The molecule has 0 bridgehead atoms. The van der Waals surface area contributed by atoms with Crippen LogP contribution in [0.25, 0.3) is 0 Å². The first-order chi connectivity index (χ1) is 8.33. The summed E-state index contributed by atoms with van der Waals surface area (Å²) >= 11 is 0. The van der Waals surface area contributed by atoms with Crippen LogP contribution in [0, 0.1) is 0 Å². The molecule has 2 nitrogen and oxygen atoms in total. The topological polar surface area (TPSA) is 52.0 Å². The molecule has 2 rings (SSSR count). The predicted octanol–water partition coefficient (Wildman–Crippen LogP) is 2.95. The molecule has 0 aromatic heterocycles. The third kappa shape index (κ3) is 4.51. The Morgan fingerprint density at radius 3 is 1.42 bits per heavy atom. The Bertz CT molecular complexity index is 409. The molecule has 1 atom stereocenters. The Kier molecular flexibility index (Phi) is 8.44. The van der Waals surface area contributed by atoms with Crippen molar-refractivity contribution in [3.05, 3.63) is 71.8 Å². The van der Waals surface area contributed by atoms with E-state index in [2.05, 4.69) is 24.3 Å². The fraction of sp³-hybridized carbons (Fsp3) is 0.200. The second-order valence-electron chi connectivity index (χ2n) is 4.20. The fourth-order valence-corrected chi connectivity index (χ4v) is 2.14. The van der Waals surface area contributed by atoms with Crippen molar-refractivity contribution in [1.29, 1.82) is 0 Å². The number of hydrogen-bond donors (Lipinski definition) is 2. The lowest BCUT2D eigenvalue weighted by molar-refractivity contribution is 0.603. The van der Waals surface area contributed by atoms with E-state index in [1.807, 2.05) is 36.4 Å². The van der Waals surface area contributed by atoms with Crippen molar-refractivity contribution >= 4 is 24.8 Å². The van der Waals surface area contributed by atoms with Gasteiger partial charge in [0.05, 0.1) is 0 Å². The molecular formula is C15H20Cl2N2. The van der Waals surface area contributed by atoms with Crippen LogP contribution in [0.5, 0.6) is 0 Å². The number of benzene rings is 2. The van der Waals surface area contributed by atoms with Crippen LogP contribution in [0.2, 0.25) is 0 Å². The third-order valence-corrected chi connectivity index (χ3v) is 3.02. The highest BCUT2D eigenvalue weighted by Gasteiger charge is 2.20. The second kappa shape index (κ2) is 8.94. The normalized spacial score (nSPS) is 11.3. The highest BCUT2D eigenvalue weighted by molar-refractivity contribution is 5.85. The van der Waals surface area contributed by atoms with Crippen LogP contribution in [0.15, 0.2) is 60.7 Å². The summed E-state index contributed by atoms with van der Waals surface area (Å²) in [5.74, 6) is 0.169. The smallest absolute Gasteiger partial charge is 0.0274 e. The minimum absolute atomic E-state index is 0. The summed E-state index contributed by atoms with van der Waals surface area (Å²) in [6.07, 6.45) is 0. The molecule has 0 fully saturated rings. The zero-order chi connectivity index (χ0) is 12.1. The van der Waals surface area contributed by atoms with Gasteiger partial charge in [0.2, 0.25) is 0 Å². The van der Waals surface area contributed by atoms with Gasteiger partial charge in [-0.1, -0.05) is 60.7 Å². The second-order valence-corrected chi connectivity index (χ2v) is 4.20. The van der Waals surface area contributed by atoms with Crippen LogP contribution >= 0.6 is 24.8 Å². The van der Waals surface area contributed by atoms with Crippen LogP contribution in [-0.2, 0) is 0 Å². The molecule has 2 aromatic rings. The molecule has 0 saturated carbocycles. The van der Waals surface area contributed by atoms with Crippen LogP contribution in [0.1, 0.15) is 17.0 Å². The zero-order valence-electron chi connectivity index (χ0n) is 10.6. The largest absolute Gasteiger partial charge is 0.329 e. The van der Waals surface area contributed by atoms with Crippen LogP contribution in [-0.4, -0.2) is 12.6 Å². The van der Waals surface area contributed by atoms with E-state index in [4.69, 9.17) is 11.5 Å². The van der Waals surface area contributed by atoms with Gasteiger partial charge in [0.15, 0.2) is 0 Å². The van der Waals surface area contributed by atoms with Gasteiger partial charge in [0, 0.05) is 18.5 Å². The SMILES string of the molecule is Cl.Cl.NCC(N)C(c1ccccc1)c1ccccc1. The van der Waals surface area contributed by atoms with E-state index in [1.54, 1.807) is 0 Å². The van der Waals surface area contributed by atoms with E-state index >= 15 is 0 Å². The van der Waals surface area contributed by atoms with Gasteiger partial charge in [-0.25, -0.2) is 0 Å². The average molecular weight is 299 g/mol. The third-order valence-electron chi connectivity index (χ3n) is 3.02. The van der Waals surface area contributed by atoms with Crippen molar-refractivity contribution in [2.45, 2.75) is 12.0 Å². The minimum atomic E-state index is -0.0557. The maximum Gasteiger partial charge on any atom is 0.0274 e. The molecular weight excluding hydrogens is 279 g/mol. The standard InChI is InChI=1S/C15H18N2.2ClH/c16-11-14(17)15(12-7-3-1-4-8-12)13-9-5-2-6-10-13;;/h1-10,14-15H,11,16-17H2;2*1H. The zero-order valence-corrected chi connectivity index (χ0v) is 12.2. The molecule has 0 saturated heterocycles. The van der Waals surface area contributed by atoms with E-state index < -0.39 is 0 Å². The Labute approximate surface area is 127 Å². The Morgan fingerprint density at radius 1 is 0.737 bits per heavy atom. The van der Waals surface area contributed by atoms with E-state index in [9.17, 15) is 0 Å². The van der Waals surface area contributed by atoms with Crippen molar-refractivity contribution in [3.63, 3.8) is 0 Å². The Morgan fingerprint density at radius 2 is 1.11 bits per heavy atom. The van der Waals surface area contributed by atoms with Gasteiger partial charge in [-0.3, -0.25) is 0 Å². The average Bonchev–Trinajstić information content (AvgIpc) is 2.41. The molecule has 1 unspecified atom stereocenters. The molecule has 0 aliphatic heterocycles. The van der Waals surface area contributed by atoms with Gasteiger partial charge < -0.3 is 11.5 Å². The number of hydrogen-bond acceptors (Lipinski definition) is 2. The number of halogens is 2. The van der Waals surface area contributed by atoms with Gasteiger partial charge in [-0.05, 0) is 11.1 Å². The summed E-state index contributed by atoms with van der Waals surface area (Å²) in [5.41, 5.74) is 14.3. The van der Waals surface area contributed by atoms with Crippen molar-refractivity contribution in [2.75, 3.05) is 6.54 Å². The maximum absolute atomic E-state index is 6.16. The first-order valence-corrected chi connectivity index (χ1v) is 5.88. The summed E-state index contributed by atoms with van der Waals surface area (Å²) < 4.78 is 0. The quantitative estimate of drug-likeness (QED) is 0.912. The van der Waals surface area contributed by atoms with Crippen molar-refractivity contribution < 1.29 is 0 Å². The monoisotopic (exact) mass is 298 g/mol. The maximum atomic E-state index is 6.16. The highest BCUT2D eigenvalue weighted by Crippen LogP contribution is 2.26. The molecule has 0 heterocycles. The molecule has 2 aromatic carbocycles. The van der Waals surface area contributed by atoms with Crippen molar-refractivity contribution in [3.8, 4) is 0 Å². The van der Waals surface area contributed by atoms with E-state index in [0.717, 1.165) is 0 Å². The molecule has 0 radical (unpaired) electrons.